The number of nitrogen functional groups attached to an aromatic ring is 2. The van der Waals surface area contributed by atoms with Gasteiger partial charge in [0, 0.05) is 39.8 Å². The first-order valence-electron chi connectivity index (χ1n) is 17.5. The zero-order valence-corrected chi connectivity index (χ0v) is 32.1. The van der Waals surface area contributed by atoms with Crippen molar-refractivity contribution in [3.05, 3.63) is 148 Å². The average molecular weight is 793 g/mol. The second-order valence-corrected chi connectivity index (χ2v) is 14.5. The van der Waals surface area contributed by atoms with Gasteiger partial charge in [-0.3, -0.25) is 0 Å². The van der Waals surface area contributed by atoms with Crippen LogP contribution in [0.5, 0.6) is 0 Å². The summed E-state index contributed by atoms with van der Waals surface area (Å²) in [5.41, 5.74) is 24.7. The second kappa shape index (κ2) is 19.2. The van der Waals surface area contributed by atoms with Gasteiger partial charge in [-0.25, -0.2) is 28.7 Å². The maximum Gasteiger partial charge on any atom is 0.141 e. The minimum atomic E-state index is -0.254. The number of hydrogen-bond acceptors (Lipinski definition) is 10. The summed E-state index contributed by atoms with van der Waals surface area (Å²) in [7, 11) is 0. The lowest BCUT2D eigenvalue weighted by Gasteiger charge is -2.09. The lowest BCUT2D eigenvalue weighted by Crippen LogP contribution is -2.05. The summed E-state index contributed by atoms with van der Waals surface area (Å²) in [5, 5.41) is 9.68. The highest BCUT2D eigenvalue weighted by molar-refractivity contribution is 7.17. The fourth-order valence-electron chi connectivity index (χ4n) is 5.71. The Morgan fingerprint density at radius 1 is 0.582 bits per heavy atom. The highest BCUT2D eigenvalue weighted by Crippen LogP contribution is 2.37. The molecule has 0 bridgehead atoms. The molecule has 280 valence electrons. The first-order valence-corrected chi connectivity index (χ1v) is 19.7. The molecule has 0 saturated carbocycles. The van der Waals surface area contributed by atoms with Gasteiger partial charge in [-0.2, -0.15) is 0 Å². The molecule has 55 heavy (non-hydrogen) atoms. The van der Waals surface area contributed by atoms with Gasteiger partial charge in [0.05, 0.1) is 10.8 Å². The van der Waals surface area contributed by atoms with E-state index in [0.717, 1.165) is 98.7 Å². The van der Waals surface area contributed by atoms with Gasteiger partial charge in [0.1, 0.15) is 44.9 Å². The van der Waals surface area contributed by atoms with E-state index in [4.69, 9.17) is 28.8 Å². The van der Waals surface area contributed by atoms with Crippen LogP contribution in [0.15, 0.2) is 120 Å². The number of aromatic nitrogens is 4. The molecule has 0 radical (unpaired) electrons. The Labute approximate surface area is 331 Å². The molecule has 4 aromatic heterocycles. The van der Waals surface area contributed by atoms with E-state index in [1.165, 1.54) is 53.1 Å². The molecule has 0 aliphatic heterocycles. The van der Waals surface area contributed by atoms with E-state index in [-0.39, 0.29) is 11.6 Å². The van der Waals surface area contributed by atoms with Gasteiger partial charge in [-0.15, -0.1) is 22.7 Å². The van der Waals surface area contributed by atoms with Crippen LogP contribution in [0.3, 0.4) is 0 Å². The Morgan fingerprint density at radius 3 is 1.58 bits per heavy atom. The first-order chi connectivity index (χ1) is 26.8. The lowest BCUT2D eigenvalue weighted by atomic mass is 10.1. The lowest BCUT2D eigenvalue weighted by molar-refractivity contribution is 0.627. The fraction of sp³-hybridized carbons (Fsp3) is 0.143. The number of hydrogen-bond donors (Lipinski definition) is 4. The normalized spacial score (nSPS) is 10.8. The Kier molecular flexibility index (Phi) is 13.7. The van der Waals surface area contributed by atoms with Gasteiger partial charge in [0.2, 0.25) is 0 Å². The van der Waals surface area contributed by atoms with E-state index >= 15 is 0 Å². The van der Waals surface area contributed by atoms with Crippen LogP contribution in [0.2, 0.25) is 5.15 Å². The SMILES string of the molecule is Fc1ccc(-c2csc3ncnc(Cl)c23)cc1.NCCCc1ccc(N)cc1.Nc1ccc(CCCNc2ncnc3scc(-c4ccc(F)cc4)c23)cc1. The highest BCUT2D eigenvalue weighted by Gasteiger charge is 2.14. The molecule has 4 aromatic carbocycles. The molecule has 4 heterocycles. The van der Waals surface area contributed by atoms with Gasteiger partial charge in [0.15, 0.2) is 0 Å². The monoisotopic (exact) mass is 792 g/mol. The first kappa shape index (κ1) is 39.2. The molecule has 0 fully saturated rings. The highest BCUT2D eigenvalue weighted by atomic mass is 35.5. The summed E-state index contributed by atoms with van der Waals surface area (Å²) >= 11 is 9.13. The van der Waals surface area contributed by atoms with Crippen molar-refractivity contribution in [3.8, 4) is 22.3 Å². The summed E-state index contributed by atoms with van der Waals surface area (Å²) in [6.45, 7) is 1.56. The quantitative estimate of drug-likeness (QED) is 0.0609. The third-order valence-corrected chi connectivity index (χ3v) is 10.6. The Hall–Kier alpha value is -5.53. The van der Waals surface area contributed by atoms with E-state index in [1.807, 2.05) is 47.2 Å². The molecule has 0 aliphatic carbocycles. The Bertz CT molecular complexity index is 2420. The maximum atomic E-state index is 13.2. The van der Waals surface area contributed by atoms with E-state index in [2.05, 4.69) is 37.4 Å². The van der Waals surface area contributed by atoms with Gasteiger partial charge >= 0.3 is 0 Å². The van der Waals surface area contributed by atoms with Crippen LogP contribution in [-0.2, 0) is 12.8 Å². The summed E-state index contributed by atoms with van der Waals surface area (Å²) in [4.78, 5) is 18.7. The number of nitrogens with one attached hydrogen (secondary N) is 1. The van der Waals surface area contributed by atoms with E-state index in [9.17, 15) is 8.78 Å². The third-order valence-electron chi connectivity index (χ3n) is 8.57. The van der Waals surface area contributed by atoms with Crippen LogP contribution in [0.25, 0.3) is 42.7 Å². The van der Waals surface area contributed by atoms with Crippen molar-refractivity contribution >= 4 is 71.9 Å². The predicted molar refractivity (Wildman–Crippen MR) is 227 cm³/mol. The van der Waals surface area contributed by atoms with Crippen molar-refractivity contribution in [3.63, 3.8) is 0 Å². The number of nitrogens with two attached hydrogens (primary N) is 3. The summed E-state index contributed by atoms with van der Waals surface area (Å²) in [6.07, 6.45) is 7.06. The molecule has 8 aromatic rings. The smallest absolute Gasteiger partial charge is 0.141 e. The average Bonchev–Trinajstić information content (AvgIpc) is 3.85. The van der Waals surface area contributed by atoms with Crippen molar-refractivity contribution in [1.82, 2.24) is 19.9 Å². The standard InChI is InChI=1S/C21H19FN4S.C12H6ClFN2S.C9H14N2/c22-16-7-5-15(6-8-16)18-12-27-21-19(18)20(25-13-26-21)24-11-1-2-14-3-9-17(23)10-4-14;13-11-10-9(5-17-12(10)16-6-15-11)7-1-3-8(14)4-2-7;10-7-1-2-8-3-5-9(11)6-4-8/h3-10,12-13H,1-2,11,23H2,(H,24,25,26);1-6H;3-6H,1-2,7,10-11H2. The molecule has 0 amide bonds. The summed E-state index contributed by atoms with van der Waals surface area (Å²) in [6, 6.07) is 28.7. The molecule has 0 spiro atoms. The van der Waals surface area contributed by atoms with Crippen LogP contribution < -0.4 is 22.5 Å². The van der Waals surface area contributed by atoms with Crippen LogP contribution >= 0.6 is 34.3 Å². The minimum Gasteiger partial charge on any atom is -0.399 e. The number of rotatable bonds is 10. The number of fused-ring (bicyclic) bond motifs is 2. The van der Waals surface area contributed by atoms with Crippen molar-refractivity contribution in [2.24, 2.45) is 5.73 Å². The van der Waals surface area contributed by atoms with E-state index in [1.54, 1.807) is 41.9 Å². The van der Waals surface area contributed by atoms with Gasteiger partial charge in [0.25, 0.3) is 0 Å². The Morgan fingerprint density at radius 2 is 1.05 bits per heavy atom. The predicted octanol–water partition coefficient (Wildman–Crippen LogP) is 10.4. The number of benzene rings is 4. The molecular formula is C42H39ClF2N8S2. The third kappa shape index (κ3) is 10.6. The molecule has 0 aliphatic rings. The zero-order chi connectivity index (χ0) is 38.6. The van der Waals surface area contributed by atoms with Crippen LogP contribution in [0.1, 0.15) is 24.0 Å². The molecular weight excluding hydrogens is 754 g/mol. The fourth-order valence-corrected chi connectivity index (χ4v) is 7.83. The minimum absolute atomic E-state index is 0.240. The van der Waals surface area contributed by atoms with Crippen molar-refractivity contribution in [2.75, 3.05) is 29.9 Å². The van der Waals surface area contributed by atoms with E-state index in [0.29, 0.717) is 5.15 Å². The number of thiophene rings is 2. The maximum absolute atomic E-state index is 13.2. The number of anilines is 3. The molecule has 0 atom stereocenters. The number of nitrogens with zero attached hydrogens (tertiary/aromatic N) is 4. The van der Waals surface area contributed by atoms with Gasteiger partial charge < -0.3 is 22.5 Å². The molecule has 0 unspecified atom stereocenters. The van der Waals surface area contributed by atoms with Gasteiger partial charge in [-0.1, -0.05) is 60.1 Å². The second-order valence-electron chi connectivity index (χ2n) is 12.5. The largest absolute Gasteiger partial charge is 0.399 e. The molecule has 8 nitrogen and oxygen atoms in total. The molecule has 8 rings (SSSR count). The Balaban J connectivity index is 0.000000156. The topological polar surface area (TPSA) is 142 Å². The van der Waals surface area contributed by atoms with E-state index < -0.39 is 0 Å². The van der Waals surface area contributed by atoms with Crippen LogP contribution in [-0.4, -0.2) is 33.0 Å². The van der Waals surface area contributed by atoms with Gasteiger partial charge in [-0.05, 0) is 103 Å². The van der Waals surface area contributed by atoms with Crippen molar-refractivity contribution in [2.45, 2.75) is 25.7 Å². The number of aryl methyl sites for hydroxylation is 2. The van der Waals surface area contributed by atoms with Crippen molar-refractivity contribution in [1.29, 1.82) is 0 Å². The molecule has 0 saturated heterocycles. The number of halogens is 3. The zero-order valence-electron chi connectivity index (χ0n) is 29.8. The van der Waals surface area contributed by atoms with Crippen LogP contribution in [0, 0.1) is 11.6 Å². The summed E-state index contributed by atoms with van der Waals surface area (Å²) < 4.78 is 26.1. The molecule has 7 N–H and O–H groups in total. The van der Waals surface area contributed by atoms with Crippen molar-refractivity contribution < 1.29 is 8.78 Å². The van der Waals surface area contributed by atoms with Crippen LogP contribution in [0.4, 0.5) is 26.0 Å². The molecule has 13 heteroatoms. The summed E-state index contributed by atoms with van der Waals surface area (Å²) in [5.74, 6) is 0.323.